The maximum atomic E-state index is 12.0. The minimum atomic E-state index is 0.00227. The molecular weight excluding hydrogens is 246 g/mol. The van der Waals surface area contributed by atoms with Gasteiger partial charge in [-0.3, -0.25) is 4.79 Å². The number of phenols is 1. The van der Waals surface area contributed by atoms with E-state index >= 15 is 0 Å². The highest BCUT2D eigenvalue weighted by Crippen LogP contribution is 2.28. The van der Waals surface area contributed by atoms with E-state index in [9.17, 15) is 9.90 Å². The number of hydrogen-bond acceptors (Lipinski definition) is 3. The summed E-state index contributed by atoms with van der Waals surface area (Å²) in [5, 5.41) is 13.3. The van der Waals surface area contributed by atoms with E-state index in [1.54, 1.807) is 18.2 Å². The number of aromatic hydroxyl groups is 1. The topological polar surface area (TPSA) is 49.3 Å². The van der Waals surface area contributed by atoms with Crippen molar-refractivity contribution in [2.75, 3.05) is 6.26 Å². The van der Waals surface area contributed by atoms with Crippen LogP contribution in [0.15, 0.2) is 24.3 Å². The van der Waals surface area contributed by atoms with Crippen molar-refractivity contribution < 1.29 is 9.90 Å². The third kappa shape index (κ3) is 3.19. The second kappa shape index (κ2) is 6.14. The Bertz CT molecular complexity index is 422. The molecule has 1 aliphatic carbocycles. The van der Waals surface area contributed by atoms with Gasteiger partial charge in [0.2, 0.25) is 5.91 Å². The Morgan fingerprint density at radius 3 is 2.94 bits per heavy atom. The van der Waals surface area contributed by atoms with Gasteiger partial charge in [-0.1, -0.05) is 24.6 Å². The first-order valence-corrected chi connectivity index (χ1v) is 7.58. The average molecular weight is 265 g/mol. The molecule has 2 rings (SSSR count). The van der Waals surface area contributed by atoms with E-state index < -0.39 is 0 Å². The number of carbonyl (C=O) groups excluding carboxylic acids is 1. The summed E-state index contributed by atoms with van der Waals surface area (Å²) in [6, 6.07) is 7.29. The maximum absolute atomic E-state index is 12.0. The van der Waals surface area contributed by atoms with E-state index in [0.717, 1.165) is 6.42 Å². The fraction of sp³-hybridized carbons (Fsp3) is 0.500. The number of benzene rings is 1. The van der Waals surface area contributed by atoms with Crippen molar-refractivity contribution in [1.29, 1.82) is 0 Å². The standard InChI is InChI=1S/C14H19NO2S/c1-18-13-8-4-6-11(13)15-14(17)9-10-5-2-3-7-12(10)16/h2-3,5,7,11,13,16H,4,6,8-9H2,1H3,(H,15,17). The number of carbonyl (C=O) groups is 1. The van der Waals surface area contributed by atoms with Crippen LogP contribution >= 0.6 is 11.8 Å². The lowest BCUT2D eigenvalue weighted by Gasteiger charge is -2.19. The van der Waals surface area contributed by atoms with Crippen LogP contribution in [0.4, 0.5) is 0 Å². The lowest BCUT2D eigenvalue weighted by molar-refractivity contribution is -0.121. The molecule has 0 aromatic heterocycles. The molecule has 2 atom stereocenters. The van der Waals surface area contributed by atoms with Gasteiger partial charge in [-0.25, -0.2) is 0 Å². The summed E-state index contributed by atoms with van der Waals surface area (Å²) >= 11 is 1.83. The molecule has 1 amide bonds. The second-order valence-corrected chi connectivity index (χ2v) is 5.76. The highest BCUT2D eigenvalue weighted by Gasteiger charge is 2.27. The maximum Gasteiger partial charge on any atom is 0.224 e. The van der Waals surface area contributed by atoms with E-state index in [2.05, 4.69) is 11.6 Å². The molecule has 1 aliphatic rings. The first-order chi connectivity index (χ1) is 8.70. The van der Waals surface area contributed by atoms with Crippen LogP contribution in [-0.2, 0) is 11.2 Å². The highest BCUT2D eigenvalue weighted by atomic mass is 32.2. The van der Waals surface area contributed by atoms with Gasteiger partial charge in [0.1, 0.15) is 5.75 Å². The Kier molecular flexibility index (Phi) is 4.53. The second-order valence-electron chi connectivity index (χ2n) is 4.68. The summed E-state index contributed by atoms with van der Waals surface area (Å²) < 4.78 is 0. The molecule has 0 radical (unpaired) electrons. The number of hydrogen-bond donors (Lipinski definition) is 2. The fourth-order valence-electron chi connectivity index (χ4n) is 2.46. The van der Waals surface area contributed by atoms with Crippen LogP contribution in [0.1, 0.15) is 24.8 Å². The predicted octanol–water partition coefficient (Wildman–Crippen LogP) is 2.34. The molecule has 1 aromatic rings. The normalized spacial score (nSPS) is 22.9. The van der Waals surface area contributed by atoms with Crippen LogP contribution in [0, 0.1) is 0 Å². The van der Waals surface area contributed by atoms with Crippen molar-refractivity contribution in [1.82, 2.24) is 5.32 Å². The molecule has 0 bridgehead atoms. The number of phenolic OH excluding ortho intramolecular Hbond substituents is 1. The van der Waals surface area contributed by atoms with Crippen molar-refractivity contribution in [2.24, 2.45) is 0 Å². The molecule has 0 spiro atoms. The Labute approximate surface area is 112 Å². The lowest BCUT2D eigenvalue weighted by atomic mass is 10.1. The van der Waals surface area contributed by atoms with Gasteiger partial charge >= 0.3 is 0 Å². The molecule has 2 N–H and O–H groups in total. The fourth-order valence-corrected chi connectivity index (χ4v) is 3.40. The molecule has 1 fully saturated rings. The summed E-state index contributed by atoms with van der Waals surface area (Å²) in [4.78, 5) is 12.0. The Morgan fingerprint density at radius 2 is 2.22 bits per heavy atom. The van der Waals surface area contributed by atoms with Gasteiger partial charge in [0.25, 0.3) is 0 Å². The highest BCUT2D eigenvalue weighted by molar-refractivity contribution is 7.99. The third-order valence-corrected chi connectivity index (χ3v) is 4.61. The van der Waals surface area contributed by atoms with Crippen molar-refractivity contribution in [2.45, 2.75) is 37.0 Å². The molecule has 1 saturated carbocycles. The van der Waals surface area contributed by atoms with Crippen LogP contribution in [0.5, 0.6) is 5.75 Å². The van der Waals surface area contributed by atoms with E-state index in [1.807, 2.05) is 17.8 Å². The van der Waals surface area contributed by atoms with Gasteiger partial charge in [0, 0.05) is 16.9 Å². The first-order valence-electron chi connectivity index (χ1n) is 6.29. The van der Waals surface area contributed by atoms with Crippen LogP contribution in [-0.4, -0.2) is 28.6 Å². The van der Waals surface area contributed by atoms with Crippen LogP contribution in [0.3, 0.4) is 0 Å². The van der Waals surface area contributed by atoms with Crippen molar-refractivity contribution in [3.05, 3.63) is 29.8 Å². The molecule has 1 aromatic carbocycles. The zero-order valence-corrected chi connectivity index (χ0v) is 11.4. The summed E-state index contributed by atoms with van der Waals surface area (Å²) in [6.07, 6.45) is 5.79. The van der Waals surface area contributed by atoms with Crippen LogP contribution in [0.2, 0.25) is 0 Å². The van der Waals surface area contributed by atoms with Gasteiger partial charge in [0.05, 0.1) is 6.42 Å². The van der Waals surface area contributed by atoms with Crippen LogP contribution in [0.25, 0.3) is 0 Å². The number of amides is 1. The molecule has 0 aliphatic heterocycles. The minimum Gasteiger partial charge on any atom is -0.508 e. The van der Waals surface area contributed by atoms with Crippen LogP contribution < -0.4 is 5.32 Å². The van der Waals surface area contributed by atoms with Gasteiger partial charge in [-0.05, 0) is 25.2 Å². The van der Waals surface area contributed by atoms with Gasteiger partial charge in [0.15, 0.2) is 0 Å². The Hall–Kier alpha value is -1.16. The molecule has 3 nitrogen and oxygen atoms in total. The van der Waals surface area contributed by atoms with E-state index in [-0.39, 0.29) is 18.1 Å². The summed E-state index contributed by atoms with van der Waals surface area (Å²) in [7, 11) is 0. The molecular formula is C14H19NO2S. The largest absolute Gasteiger partial charge is 0.508 e. The number of nitrogens with one attached hydrogen (secondary N) is 1. The zero-order chi connectivity index (χ0) is 13.0. The quantitative estimate of drug-likeness (QED) is 0.878. The van der Waals surface area contributed by atoms with E-state index in [4.69, 9.17) is 0 Å². The molecule has 0 saturated heterocycles. The zero-order valence-electron chi connectivity index (χ0n) is 10.6. The Morgan fingerprint density at radius 1 is 1.44 bits per heavy atom. The van der Waals surface area contributed by atoms with Crippen molar-refractivity contribution >= 4 is 17.7 Å². The number of rotatable bonds is 4. The minimum absolute atomic E-state index is 0.00227. The molecule has 2 unspecified atom stereocenters. The van der Waals surface area contributed by atoms with Gasteiger partial charge in [-0.2, -0.15) is 11.8 Å². The number of thioether (sulfide) groups is 1. The lowest BCUT2D eigenvalue weighted by Crippen LogP contribution is -2.39. The molecule has 18 heavy (non-hydrogen) atoms. The third-order valence-electron chi connectivity index (χ3n) is 3.44. The molecule has 98 valence electrons. The first kappa shape index (κ1) is 13.3. The smallest absolute Gasteiger partial charge is 0.224 e. The molecule has 4 heteroatoms. The van der Waals surface area contributed by atoms with Crippen molar-refractivity contribution in [3.8, 4) is 5.75 Å². The summed E-state index contributed by atoms with van der Waals surface area (Å²) in [6.45, 7) is 0. The van der Waals surface area contributed by atoms with Crippen molar-refractivity contribution in [3.63, 3.8) is 0 Å². The summed E-state index contributed by atoms with van der Waals surface area (Å²) in [5.74, 6) is 0.197. The monoisotopic (exact) mass is 265 g/mol. The number of para-hydroxylation sites is 1. The molecule has 0 heterocycles. The summed E-state index contributed by atoms with van der Waals surface area (Å²) in [5.41, 5.74) is 0.689. The SMILES string of the molecule is CSC1CCCC1NC(=O)Cc1ccccc1O. The Balaban J connectivity index is 1.91. The average Bonchev–Trinajstić information content (AvgIpc) is 2.79. The van der Waals surface area contributed by atoms with Gasteiger partial charge in [-0.15, -0.1) is 0 Å². The van der Waals surface area contributed by atoms with Gasteiger partial charge < -0.3 is 10.4 Å². The van der Waals surface area contributed by atoms with E-state index in [1.165, 1.54) is 12.8 Å². The van der Waals surface area contributed by atoms with E-state index in [0.29, 0.717) is 16.9 Å². The predicted molar refractivity (Wildman–Crippen MR) is 74.9 cm³/mol.